The number of hydrogen-bond acceptors (Lipinski definition) is 6. The van der Waals surface area contributed by atoms with Gasteiger partial charge in [-0.15, -0.1) is 0 Å². The molecular weight excluding hydrogens is 426 g/mol. The molecule has 2 aliphatic heterocycles. The highest BCUT2D eigenvalue weighted by molar-refractivity contribution is 6.35. The Morgan fingerprint density at radius 1 is 0.939 bits per heavy atom. The zero-order valence-corrected chi connectivity index (χ0v) is 18.2. The summed E-state index contributed by atoms with van der Waals surface area (Å²) in [5.41, 5.74) is 0.814. The van der Waals surface area contributed by atoms with Crippen LogP contribution in [-0.4, -0.2) is 55.7 Å². The molecule has 0 spiro atoms. The van der Waals surface area contributed by atoms with Gasteiger partial charge in [0, 0.05) is 26.2 Å². The smallest absolute Gasteiger partial charge is 0.309 e. The first-order valence-corrected chi connectivity index (χ1v) is 11.0. The second-order valence-electron chi connectivity index (χ2n) is 8.01. The number of fused-ring (bicyclic) bond motifs is 1. The normalized spacial score (nSPS) is 15.1. The van der Waals surface area contributed by atoms with E-state index in [2.05, 4.69) is 10.6 Å². The van der Waals surface area contributed by atoms with Gasteiger partial charge in [-0.25, -0.2) is 0 Å². The van der Waals surface area contributed by atoms with Crippen LogP contribution in [0.25, 0.3) is 0 Å². The fourth-order valence-corrected chi connectivity index (χ4v) is 3.77. The molecule has 9 nitrogen and oxygen atoms in total. The molecule has 0 unspecified atom stereocenters. The fourth-order valence-electron chi connectivity index (χ4n) is 3.77. The van der Waals surface area contributed by atoms with Gasteiger partial charge in [-0.05, 0) is 48.6 Å². The van der Waals surface area contributed by atoms with E-state index in [9.17, 15) is 14.4 Å². The van der Waals surface area contributed by atoms with Crippen LogP contribution in [0.15, 0.2) is 48.5 Å². The van der Waals surface area contributed by atoms with E-state index in [-0.39, 0.29) is 31.8 Å². The summed E-state index contributed by atoms with van der Waals surface area (Å²) >= 11 is 0. The van der Waals surface area contributed by atoms with Crippen LogP contribution in [-0.2, 0) is 20.9 Å². The Morgan fingerprint density at radius 3 is 2.45 bits per heavy atom. The first-order chi connectivity index (χ1) is 16.1. The predicted octanol–water partition coefficient (Wildman–Crippen LogP) is 1.47. The molecule has 0 aromatic heterocycles. The van der Waals surface area contributed by atoms with E-state index in [1.807, 2.05) is 36.4 Å². The van der Waals surface area contributed by atoms with Gasteiger partial charge in [-0.3, -0.25) is 14.4 Å². The SMILES string of the molecule is O=C(NCc1ccc2c(c1)OCO2)C(=O)NCC1CCN(C(=O)COc2ccccc2)CC1. The van der Waals surface area contributed by atoms with Crippen molar-refractivity contribution in [1.29, 1.82) is 0 Å². The van der Waals surface area contributed by atoms with Crippen LogP contribution >= 0.6 is 0 Å². The second-order valence-corrected chi connectivity index (χ2v) is 8.01. The molecule has 2 aromatic rings. The van der Waals surface area contributed by atoms with E-state index in [4.69, 9.17) is 14.2 Å². The van der Waals surface area contributed by atoms with Crippen molar-refractivity contribution in [3.63, 3.8) is 0 Å². The van der Waals surface area contributed by atoms with Gasteiger partial charge in [0.2, 0.25) is 6.79 Å². The van der Waals surface area contributed by atoms with Gasteiger partial charge >= 0.3 is 11.8 Å². The molecule has 0 radical (unpaired) electrons. The predicted molar refractivity (Wildman–Crippen MR) is 119 cm³/mol. The molecule has 2 heterocycles. The van der Waals surface area contributed by atoms with Crippen LogP contribution in [0.2, 0.25) is 0 Å². The van der Waals surface area contributed by atoms with Crippen LogP contribution in [0.1, 0.15) is 18.4 Å². The van der Waals surface area contributed by atoms with E-state index in [1.165, 1.54) is 0 Å². The number of carbonyl (C=O) groups is 3. The molecule has 4 rings (SSSR count). The maximum absolute atomic E-state index is 12.3. The van der Waals surface area contributed by atoms with Gasteiger partial charge in [-0.1, -0.05) is 24.3 Å². The van der Waals surface area contributed by atoms with Gasteiger partial charge in [-0.2, -0.15) is 0 Å². The summed E-state index contributed by atoms with van der Waals surface area (Å²) in [6.45, 7) is 2.02. The third-order valence-electron chi connectivity index (χ3n) is 5.72. The van der Waals surface area contributed by atoms with Crippen LogP contribution < -0.4 is 24.8 Å². The Balaban J connectivity index is 1.12. The van der Waals surface area contributed by atoms with Gasteiger partial charge in [0.25, 0.3) is 5.91 Å². The summed E-state index contributed by atoms with van der Waals surface area (Å²) < 4.78 is 16.1. The number of hydrogen-bond donors (Lipinski definition) is 2. The highest BCUT2D eigenvalue weighted by Gasteiger charge is 2.24. The summed E-state index contributed by atoms with van der Waals surface area (Å²) in [6, 6.07) is 14.6. The Bertz CT molecular complexity index is 989. The number of piperidine rings is 1. The topological polar surface area (TPSA) is 106 Å². The van der Waals surface area contributed by atoms with E-state index < -0.39 is 11.8 Å². The molecule has 0 atom stereocenters. The number of rotatable bonds is 7. The van der Waals surface area contributed by atoms with Crippen molar-refractivity contribution in [2.45, 2.75) is 19.4 Å². The molecular formula is C24H27N3O6. The summed E-state index contributed by atoms with van der Waals surface area (Å²) in [7, 11) is 0. The molecule has 0 bridgehead atoms. The number of carbonyl (C=O) groups excluding carboxylic acids is 3. The standard InChI is InChI=1S/C24H27N3O6/c28-22(15-31-19-4-2-1-3-5-19)27-10-8-17(9-11-27)13-25-23(29)24(30)26-14-18-6-7-20-21(12-18)33-16-32-20/h1-7,12,17H,8-11,13-16H2,(H,25,29)(H,26,30). The monoisotopic (exact) mass is 453 g/mol. The number of ether oxygens (including phenoxy) is 3. The molecule has 2 aliphatic rings. The molecule has 33 heavy (non-hydrogen) atoms. The minimum atomic E-state index is -0.682. The number of amides is 3. The van der Waals surface area contributed by atoms with Gasteiger partial charge < -0.3 is 29.7 Å². The number of nitrogens with one attached hydrogen (secondary N) is 2. The molecule has 9 heteroatoms. The van der Waals surface area contributed by atoms with Crippen molar-refractivity contribution >= 4 is 17.7 Å². The van der Waals surface area contributed by atoms with Crippen molar-refractivity contribution in [2.24, 2.45) is 5.92 Å². The van der Waals surface area contributed by atoms with Crippen LogP contribution in [0.3, 0.4) is 0 Å². The maximum atomic E-state index is 12.3. The van der Waals surface area contributed by atoms with Crippen LogP contribution in [0.5, 0.6) is 17.2 Å². The molecule has 1 saturated heterocycles. The molecule has 2 aromatic carbocycles. The van der Waals surface area contributed by atoms with Crippen molar-refractivity contribution < 1.29 is 28.6 Å². The highest BCUT2D eigenvalue weighted by Crippen LogP contribution is 2.32. The third-order valence-corrected chi connectivity index (χ3v) is 5.72. The zero-order valence-electron chi connectivity index (χ0n) is 18.2. The lowest BCUT2D eigenvalue weighted by Gasteiger charge is -2.32. The van der Waals surface area contributed by atoms with Crippen LogP contribution in [0.4, 0.5) is 0 Å². The number of likely N-dealkylation sites (tertiary alicyclic amines) is 1. The Kier molecular flexibility index (Phi) is 7.29. The summed E-state index contributed by atoms with van der Waals surface area (Å²) in [5.74, 6) is 0.782. The molecule has 174 valence electrons. The molecule has 0 saturated carbocycles. The van der Waals surface area contributed by atoms with Crippen molar-refractivity contribution in [2.75, 3.05) is 33.0 Å². The van der Waals surface area contributed by atoms with Crippen molar-refractivity contribution in [1.82, 2.24) is 15.5 Å². The average molecular weight is 453 g/mol. The first kappa shape index (κ1) is 22.4. The largest absolute Gasteiger partial charge is 0.484 e. The fraction of sp³-hybridized carbons (Fsp3) is 0.375. The summed E-state index contributed by atoms with van der Waals surface area (Å²) in [5, 5.41) is 5.31. The van der Waals surface area contributed by atoms with Gasteiger partial charge in [0.15, 0.2) is 18.1 Å². The summed E-state index contributed by atoms with van der Waals surface area (Å²) in [6.07, 6.45) is 1.52. The first-order valence-electron chi connectivity index (χ1n) is 11.0. The highest BCUT2D eigenvalue weighted by atomic mass is 16.7. The minimum absolute atomic E-state index is 0.00889. The number of benzene rings is 2. The average Bonchev–Trinajstić information content (AvgIpc) is 3.33. The Labute approximate surface area is 192 Å². The zero-order chi connectivity index (χ0) is 23.0. The van der Waals surface area contributed by atoms with Crippen molar-refractivity contribution in [3.8, 4) is 17.2 Å². The second kappa shape index (κ2) is 10.7. The molecule has 0 aliphatic carbocycles. The lowest BCUT2D eigenvalue weighted by atomic mass is 9.96. The van der Waals surface area contributed by atoms with Crippen molar-refractivity contribution in [3.05, 3.63) is 54.1 Å². The van der Waals surface area contributed by atoms with E-state index in [0.717, 1.165) is 18.4 Å². The lowest BCUT2D eigenvalue weighted by Crippen LogP contribution is -2.45. The Morgan fingerprint density at radius 2 is 1.67 bits per heavy atom. The third kappa shape index (κ3) is 6.15. The quantitative estimate of drug-likeness (QED) is 0.615. The van der Waals surface area contributed by atoms with E-state index in [0.29, 0.717) is 36.9 Å². The van der Waals surface area contributed by atoms with E-state index >= 15 is 0 Å². The summed E-state index contributed by atoms with van der Waals surface area (Å²) in [4.78, 5) is 38.4. The van der Waals surface area contributed by atoms with Crippen LogP contribution in [0, 0.1) is 5.92 Å². The maximum Gasteiger partial charge on any atom is 0.309 e. The number of nitrogens with zero attached hydrogens (tertiary/aromatic N) is 1. The minimum Gasteiger partial charge on any atom is -0.484 e. The molecule has 2 N–H and O–H groups in total. The molecule has 3 amide bonds. The van der Waals surface area contributed by atoms with Gasteiger partial charge in [0.1, 0.15) is 5.75 Å². The van der Waals surface area contributed by atoms with E-state index in [1.54, 1.807) is 17.0 Å². The molecule has 1 fully saturated rings. The Hall–Kier alpha value is -3.75. The van der Waals surface area contributed by atoms with Gasteiger partial charge in [0.05, 0.1) is 0 Å². The number of para-hydroxylation sites is 1. The lowest BCUT2D eigenvalue weighted by molar-refractivity contribution is -0.139.